The Hall–Kier alpha value is -1.68. The number of benzene rings is 1. The number of hydrogen-bond donors (Lipinski definition) is 1. The summed E-state index contributed by atoms with van der Waals surface area (Å²) in [4.78, 5) is 16.8. The predicted octanol–water partition coefficient (Wildman–Crippen LogP) is 1.09. The molecule has 0 saturated carbocycles. The number of aliphatic hydroxyl groups excluding tert-OH is 1. The first kappa shape index (κ1) is 10.5. The minimum atomic E-state index is -0.320. The second kappa shape index (κ2) is 3.96. The van der Waals surface area contributed by atoms with E-state index < -0.39 is 0 Å². The Kier molecular flexibility index (Phi) is 2.44. The van der Waals surface area contributed by atoms with E-state index in [0.29, 0.717) is 31.2 Å². The maximum atomic E-state index is 12.3. The molecule has 2 heterocycles. The van der Waals surface area contributed by atoms with E-state index in [1.807, 2.05) is 18.2 Å². The molecule has 1 N–H and O–H groups in total. The summed E-state index contributed by atoms with van der Waals surface area (Å²) in [5.41, 5.74) is 0.764. The zero-order valence-electron chi connectivity index (χ0n) is 9.47. The lowest BCUT2D eigenvalue weighted by molar-refractivity contribution is 0.155. The first-order valence-electron chi connectivity index (χ1n) is 5.92. The van der Waals surface area contributed by atoms with Crippen molar-refractivity contribution in [2.24, 2.45) is 0 Å². The van der Waals surface area contributed by atoms with Crippen LogP contribution in [-0.4, -0.2) is 20.8 Å². The van der Waals surface area contributed by atoms with Crippen LogP contribution >= 0.6 is 0 Å². The van der Waals surface area contributed by atoms with Crippen molar-refractivity contribution >= 4 is 10.9 Å². The molecular formula is C13H14N2O2. The van der Waals surface area contributed by atoms with Gasteiger partial charge in [0.1, 0.15) is 5.82 Å². The smallest absolute Gasteiger partial charge is 0.261 e. The number of nitrogens with zero attached hydrogens (tertiary/aromatic N) is 2. The SMILES string of the molecule is O=c1c2ccccc2nc2n1CC[C@H](O)CC2. The van der Waals surface area contributed by atoms with E-state index in [0.717, 1.165) is 11.3 Å². The zero-order valence-corrected chi connectivity index (χ0v) is 9.47. The van der Waals surface area contributed by atoms with Crippen LogP contribution in [0.15, 0.2) is 29.1 Å². The Labute approximate surface area is 98.5 Å². The van der Waals surface area contributed by atoms with Gasteiger partial charge in [-0.3, -0.25) is 9.36 Å². The molecule has 1 aliphatic rings. The molecule has 0 amide bonds. The van der Waals surface area contributed by atoms with E-state index in [-0.39, 0.29) is 11.7 Å². The number of rotatable bonds is 0. The molecule has 2 aromatic rings. The summed E-state index contributed by atoms with van der Waals surface area (Å²) in [5, 5.41) is 10.3. The van der Waals surface area contributed by atoms with Gasteiger partial charge in [0.05, 0.1) is 17.0 Å². The van der Waals surface area contributed by atoms with Crippen LogP contribution in [0.3, 0.4) is 0 Å². The van der Waals surface area contributed by atoms with Crippen molar-refractivity contribution in [3.63, 3.8) is 0 Å². The van der Waals surface area contributed by atoms with Crippen LogP contribution in [-0.2, 0) is 13.0 Å². The minimum Gasteiger partial charge on any atom is -0.393 e. The molecule has 0 unspecified atom stereocenters. The van der Waals surface area contributed by atoms with Crippen molar-refractivity contribution in [3.05, 3.63) is 40.4 Å². The first-order valence-corrected chi connectivity index (χ1v) is 5.92. The molecule has 1 aromatic carbocycles. The zero-order chi connectivity index (χ0) is 11.8. The summed E-state index contributed by atoms with van der Waals surface area (Å²) in [7, 11) is 0. The van der Waals surface area contributed by atoms with Gasteiger partial charge in [0.25, 0.3) is 5.56 Å². The van der Waals surface area contributed by atoms with Crippen molar-refractivity contribution in [2.75, 3.05) is 0 Å². The van der Waals surface area contributed by atoms with Gasteiger partial charge in [-0.25, -0.2) is 4.98 Å². The van der Waals surface area contributed by atoms with Crippen LogP contribution in [0.25, 0.3) is 10.9 Å². The average Bonchev–Trinajstić information content (AvgIpc) is 2.53. The lowest BCUT2D eigenvalue weighted by Crippen LogP contribution is -2.24. The summed E-state index contributed by atoms with van der Waals surface area (Å²) in [5.74, 6) is 0.797. The van der Waals surface area contributed by atoms with Gasteiger partial charge < -0.3 is 5.11 Å². The van der Waals surface area contributed by atoms with Gasteiger partial charge in [-0.05, 0) is 25.0 Å². The summed E-state index contributed by atoms with van der Waals surface area (Å²) < 4.78 is 1.71. The number of aryl methyl sites for hydroxylation is 1. The lowest BCUT2D eigenvalue weighted by Gasteiger charge is -2.09. The van der Waals surface area contributed by atoms with Crippen LogP contribution < -0.4 is 5.56 Å². The molecule has 4 heteroatoms. The van der Waals surface area contributed by atoms with Gasteiger partial charge in [0, 0.05) is 13.0 Å². The third-order valence-electron chi connectivity index (χ3n) is 3.33. The molecule has 17 heavy (non-hydrogen) atoms. The average molecular weight is 230 g/mol. The van der Waals surface area contributed by atoms with Crippen molar-refractivity contribution in [2.45, 2.75) is 31.9 Å². The van der Waals surface area contributed by atoms with E-state index in [1.165, 1.54) is 0 Å². The van der Waals surface area contributed by atoms with E-state index in [1.54, 1.807) is 10.6 Å². The summed E-state index contributed by atoms with van der Waals surface area (Å²) >= 11 is 0. The fourth-order valence-electron chi connectivity index (χ4n) is 2.35. The van der Waals surface area contributed by atoms with Gasteiger partial charge in [-0.15, -0.1) is 0 Å². The maximum absolute atomic E-state index is 12.3. The van der Waals surface area contributed by atoms with Gasteiger partial charge in [0.15, 0.2) is 0 Å². The highest BCUT2D eigenvalue weighted by atomic mass is 16.3. The Bertz CT molecular complexity index is 618. The molecule has 0 radical (unpaired) electrons. The molecule has 0 bridgehead atoms. The van der Waals surface area contributed by atoms with Crippen LogP contribution in [0.5, 0.6) is 0 Å². The first-order chi connectivity index (χ1) is 8.25. The maximum Gasteiger partial charge on any atom is 0.261 e. The highest BCUT2D eigenvalue weighted by Gasteiger charge is 2.17. The molecular weight excluding hydrogens is 216 g/mol. The Morgan fingerprint density at radius 3 is 3.00 bits per heavy atom. The van der Waals surface area contributed by atoms with Crippen molar-refractivity contribution in [3.8, 4) is 0 Å². The van der Waals surface area contributed by atoms with Gasteiger partial charge in [-0.2, -0.15) is 0 Å². The van der Waals surface area contributed by atoms with Crippen molar-refractivity contribution in [1.29, 1.82) is 0 Å². The molecule has 0 aliphatic carbocycles. The molecule has 1 aliphatic heterocycles. The van der Waals surface area contributed by atoms with E-state index in [4.69, 9.17) is 0 Å². The molecule has 1 aromatic heterocycles. The number of hydrogen-bond acceptors (Lipinski definition) is 3. The number of para-hydroxylation sites is 1. The highest BCUT2D eigenvalue weighted by Crippen LogP contribution is 2.14. The Morgan fingerprint density at radius 1 is 1.29 bits per heavy atom. The molecule has 0 saturated heterocycles. The molecule has 0 fully saturated rings. The monoisotopic (exact) mass is 230 g/mol. The minimum absolute atomic E-state index is 0.0136. The molecule has 4 nitrogen and oxygen atoms in total. The summed E-state index contributed by atoms with van der Waals surface area (Å²) in [6.07, 6.45) is 1.66. The predicted molar refractivity (Wildman–Crippen MR) is 64.9 cm³/mol. The highest BCUT2D eigenvalue weighted by molar-refractivity contribution is 5.77. The van der Waals surface area contributed by atoms with Crippen molar-refractivity contribution < 1.29 is 5.11 Å². The number of fused-ring (bicyclic) bond motifs is 2. The molecule has 0 spiro atoms. The fraction of sp³-hybridized carbons (Fsp3) is 0.385. The van der Waals surface area contributed by atoms with Crippen LogP contribution in [0.1, 0.15) is 18.7 Å². The fourth-order valence-corrected chi connectivity index (χ4v) is 2.35. The van der Waals surface area contributed by atoms with E-state index in [9.17, 15) is 9.90 Å². The second-order valence-corrected chi connectivity index (χ2v) is 4.48. The van der Waals surface area contributed by atoms with E-state index >= 15 is 0 Å². The topological polar surface area (TPSA) is 55.1 Å². The van der Waals surface area contributed by atoms with Gasteiger partial charge in [0.2, 0.25) is 0 Å². The van der Waals surface area contributed by atoms with E-state index in [2.05, 4.69) is 4.98 Å². The largest absolute Gasteiger partial charge is 0.393 e. The summed E-state index contributed by atoms with van der Waals surface area (Å²) in [6.45, 7) is 0.563. The molecule has 1 atom stereocenters. The van der Waals surface area contributed by atoms with Crippen LogP contribution in [0.4, 0.5) is 0 Å². The third kappa shape index (κ3) is 1.74. The number of aromatic nitrogens is 2. The Morgan fingerprint density at radius 2 is 2.12 bits per heavy atom. The van der Waals surface area contributed by atoms with Gasteiger partial charge in [-0.1, -0.05) is 12.1 Å². The number of aliphatic hydroxyl groups is 1. The van der Waals surface area contributed by atoms with Crippen molar-refractivity contribution in [1.82, 2.24) is 9.55 Å². The van der Waals surface area contributed by atoms with Crippen LogP contribution in [0, 0.1) is 0 Å². The normalized spacial score (nSPS) is 19.9. The third-order valence-corrected chi connectivity index (χ3v) is 3.33. The summed E-state index contributed by atoms with van der Waals surface area (Å²) in [6, 6.07) is 7.40. The standard InChI is InChI=1S/C13H14N2O2/c16-9-5-6-12-14-11-4-2-1-3-10(11)13(17)15(12)8-7-9/h1-4,9,16H,5-8H2/t9-/m1/s1. The second-order valence-electron chi connectivity index (χ2n) is 4.48. The molecule has 3 rings (SSSR count). The quantitative estimate of drug-likeness (QED) is 0.737. The van der Waals surface area contributed by atoms with Gasteiger partial charge >= 0.3 is 0 Å². The molecule has 88 valence electrons. The van der Waals surface area contributed by atoms with Crippen LogP contribution in [0.2, 0.25) is 0 Å². The lowest BCUT2D eigenvalue weighted by atomic mass is 10.1. The Balaban J connectivity index is 2.25.